The van der Waals surface area contributed by atoms with Crippen molar-refractivity contribution in [3.63, 3.8) is 0 Å². The van der Waals surface area contributed by atoms with Crippen molar-refractivity contribution in [2.45, 2.75) is 12.4 Å². The zero-order chi connectivity index (χ0) is 14.5. The Labute approximate surface area is 94.2 Å². The van der Waals surface area contributed by atoms with Crippen LogP contribution in [0.4, 0.5) is 46.5 Å². The van der Waals surface area contributed by atoms with E-state index in [4.69, 9.17) is 0 Å². The molecule has 10 heteroatoms. The standard InChI is InChI=1S/C8H4F8N2/c9-3-1(7(11,12)13)5(17)2(8(14,15)16)6(18)4(3)10/h17-18H2. The maximum Gasteiger partial charge on any atom is 0.421 e. The lowest BCUT2D eigenvalue weighted by Gasteiger charge is -2.19. The van der Waals surface area contributed by atoms with Gasteiger partial charge in [0.05, 0.1) is 11.4 Å². The van der Waals surface area contributed by atoms with Gasteiger partial charge in [-0.15, -0.1) is 0 Å². The molecule has 1 rings (SSSR count). The molecule has 1 aromatic carbocycles. The number of benzene rings is 1. The van der Waals surface area contributed by atoms with Crippen LogP contribution in [0.2, 0.25) is 0 Å². The van der Waals surface area contributed by atoms with E-state index in [1.165, 1.54) is 0 Å². The summed E-state index contributed by atoms with van der Waals surface area (Å²) in [5, 5.41) is 0. The van der Waals surface area contributed by atoms with Crippen molar-refractivity contribution in [3.05, 3.63) is 22.8 Å². The minimum Gasteiger partial charge on any atom is -0.398 e. The summed E-state index contributed by atoms with van der Waals surface area (Å²) in [4.78, 5) is 0. The quantitative estimate of drug-likeness (QED) is 0.566. The molecule has 0 bridgehead atoms. The molecule has 0 unspecified atom stereocenters. The molecule has 0 radical (unpaired) electrons. The minimum atomic E-state index is -5.58. The van der Waals surface area contributed by atoms with Crippen LogP contribution in [-0.4, -0.2) is 0 Å². The van der Waals surface area contributed by atoms with Gasteiger partial charge in [-0.1, -0.05) is 0 Å². The molecule has 0 saturated carbocycles. The van der Waals surface area contributed by atoms with Crippen molar-refractivity contribution in [1.82, 2.24) is 0 Å². The van der Waals surface area contributed by atoms with Gasteiger partial charge in [0.1, 0.15) is 11.1 Å². The Bertz CT molecular complexity index is 446. The van der Waals surface area contributed by atoms with Crippen LogP contribution in [0.25, 0.3) is 0 Å². The minimum absolute atomic E-state index is 1.81. The summed E-state index contributed by atoms with van der Waals surface area (Å²) < 4.78 is 99.9. The fraction of sp³-hybridized carbons (Fsp3) is 0.250. The Morgan fingerprint density at radius 2 is 1.00 bits per heavy atom. The largest absolute Gasteiger partial charge is 0.421 e. The first-order valence-electron chi connectivity index (χ1n) is 4.09. The smallest absolute Gasteiger partial charge is 0.398 e. The molecule has 0 spiro atoms. The molecule has 18 heavy (non-hydrogen) atoms. The van der Waals surface area contributed by atoms with Crippen molar-refractivity contribution in [3.8, 4) is 0 Å². The fourth-order valence-corrected chi connectivity index (χ4v) is 1.31. The molecular weight excluding hydrogens is 276 g/mol. The zero-order valence-corrected chi connectivity index (χ0v) is 8.18. The summed E-state index contributed by atoms with van der Waals surface area (Å²) in [6, 6.07) is 0. The number of hydrogen-bond acceptors (Lipinski definition) is 2. The van der Waals surface area contributed by atoms with Crippen molar-refractivity contribution in [2.24, 2.45) is 0 Å². The average molecular weight is 280 g/mol. The molecule has 1 aromatic rings. The molecule has 0 aliphatic carbocycles. The maximum atomic E-state index is 13.0. The molecule has 102 valence electrons. The van der Waals surface area contributed by atoms with E-state index >= 15 is 0 Å². The van der Waals surface area contributed by atoms with Crippen molar-refractivity contribution < 1.29 is 35.1 Å². The third-order valence-electron chi connectivity index (χ3n) is 2.02. The fourth-order valence-electron chi connectivity index (χ4n) is 1.31. The first kappa shape index (κ1) is 14.3. The molecular formula is C8H4F8N2. The SMILES string of the molecule is Nc1c(F)c(F)c(C(F)(F)F)c(N)c1C(F)(F)F. The maximum absolute atomic E-state index is 13.0. The summed E-state index contributed by atoms with van der Waals surface area (Å²) in [5.41, 5.74) is 0.623. The van der Waals surface area contributed by atoms with E-state index in [0.29, 0.717) is 0 Å². The van der Waals surface area contributed by atoms with Gasteiger partial charge < -0.3 is 11.5 Å². The molecule has 0 amide bonds. The normalized spacial score (nSPS) is 12.9. The highest BCUT2D eigenvalue weighted by molar-refractivity contribution is 5.68. The lowest BCUT2D eigenvalue weighted by molar-refractivity contribution is -0.143. The van der Waals surface area contributed by atoms with Gasteiger partial charge in [0.15, 0.2) is 11.6 Å². The van der Waals surface area contributed by atoms with Gasteiger partial charge in [-0.25, -0.2) is 8.78 Å². The Morgan fingerprint density at radius 3 is 1.33 bits per heavy atom. The van der Waals surface area contributed by atoms with Gasteiger partial charge in [-0.3, -0.25) is 0 Å². The second-order valence-electron chi connectivity index (χ2n) is 3.20. The van der Waals surface area contributed by atoms with Crippen LogP contribution in [0.1, 0.15) is 11.1 Å². The van der Waals surface area contributed by atoms with Crippen molar-refractivity contribution in [2.75, 3.05) is 11.5 Å². The molecule has 0 atom stereocenters. The van der Waals surface area contributed by atoms with Crippen molar-refractivity contribution >= 4 is 11.4 Å². The highest BCUT2D eigenvalue weighted by Gasteiger charge is 2.46. The van der Waals surface area contributed by atoms with Crippen LogP contribution in [-0.2, 0) is 12.4 Å². The summed E-state index contributed by atoms with van der Waals surface area (Å²) >= 11 is 0. The van der Waals surface area contributed by atoms with E-state index in [9.17, 15) is 35.1 Å². The first-order chi connectivity index (χ1) is 7.89. The first-order valence-corrected chi connectivity index (χ1v) is 4.09. The number of rotatable bonds is 0. The molecule has 0 aromatic heterocycles. The predicted molar refractivity (Wildman–Crippen MR) is 45.2 cm³/mol. The van der Waals surface area contributed by atoms with Gasteiger partial charge >= 0.3 is 12.4 Å². The van der Waals surface area contributed by atoms with E-state index in [2.05, 4.69) is 11.5 Å². The zero-order valence-electron chi connectivity index (χ0n) is 8.18. The molecule has 0 aliphatic rings. The van der Waals surface area contributed by atoms with Gasteiger partial charge in [0.25, 0.3) is 0 Å². The number of nitrogen functional groups attached to an aromatic ring is 2. The molecule has 0 fully saturated rings. The molecule has 2 nitrogen and oxygen atoms in total. The molecule has 4 N–H and O–H groups in total. The number of halogens is 8. The third kappa shape index (κ3) is 2.14. The summed E-state index contributed by atoms with van der Waals surface area (Å²) in [7, 11) is 0. The Balaban J connectivity index is 3.83. The summed E-state index contributed by atoms with van der Waals surface area (Å²) in [5.74, 6) is -5.01. The number of anilines is 2. The predicted octanol–water partition coefficient (Wildman–Crippen LogP) is 3.17. The van der Waals surface area contributed by atoms with Crippen molar-refractivity contribution in [1.29, 1.82) is 0 Å². The summed E-state index contributed by atoms with van der Waals surface area (Å²) in [6.45, 7) is 0. The van der Waals surface area contributed by atoms with Crippen LogP contribution >= 0.6 is 0 Å². The second kappa shape index (κ2) is 3.89. The molecule has 0 saturated heterocycles. The lowest BCUT2D eigenvalue weighted by Crippen LogP contribution is -2.21. The number of nitrogens with two attached hydrogens (primary N) is 2. The highest BCUT2D eigenvalue weighted by atomic mass is 19.4. The Morgan fingerprint density at radius 1 is 0.611 bits per heavy atom. The third-order valence-corrected chi connectivity index (χ3v) is 2.02. The van der Waals surface area contributed by atoms with E-state index in [0.717, 1.165) is 0 Å². The molecule has 0 heterocycles. The van der Waals surface area contributed by atoms with Gasteiger partial charge in [-0.2, -0.15) is 26.3 Å². The van der Waals surface area contributed by atoms with Gasteiger partial charge in [0.2, 0.25) is 0 Å². The Kier molecular flexibility index (Phi) is 3.09. The van der Waals surface area contributed by atoms with E-state index in [1.54, 1.807) is 0 Å². The van der Waals surface area contributed by atoms with Crippen LogP contribution in [0.3, 0.4) is 0 Å². The lowest BCUT2D eigenvalue weighted by atomic mass is 10.0. The van der Waals surface area contributed by atoms with Crippen LogP contribution in [0, 0.1) is 11.6 Å². The molecule has 0 aliphatic heterocycles. The number of hydrogen-bond donors (Lipinski definition) is 2. The van der Waals surface area contributed by atoms with Gasteiger partial charge in [-0.05, 0) is 0 Å². The van der Waals surface area contributed by atoms with E-state index in [-0.39, 0.29) is 0 Å². The van der Waals surface area contributed by atoms with Crippen LogP contribution < -0.4 is 11.5 Å². The topological polar surface area (TPSA) is 52.0 Å². The summed E-state index contributed by atoms with van der Waals surface area (Å²) in [6.07, 6.45) is -11.0. The van der Waals surface area contributed by atoms with Crippen LogP contribution in [0.15, 0.2) is 0 Å². The van der Waals surface area contributed by atoms with Gasteiger partial charge in [0, 0.05) is 0 Å². The number of alkyl halides is 6. The average Bonchev–Trinajstić information content (AvgIpc) is 2.09. The highest BCUT2D eigenvalue weighted by Crippen LogP contribution is 2.46. The van der Waals surface area contributed by atoms with Crippen LogP contribution in [0.5, 0.6) is 0 Å². The Hall–Kier alpha value is -1.74. The van der Waals surface area contributed by atoms with E-state index in [1.807, 2.05) is 0 Å². The second-order valence-corrected chi connectivity index (χ2v) is 3.20. The van der Waals surface area contributed by atoms with E-state index < -0.39 is 46.5 Å². The monoisotopic (exact) mass is 280 g/mol.